The molecule has 0 aliphatic carbocycles. The van der Waals surface area contributed by atoms with Crippen LogP contribution in [0.15, 0.2) is 36.4 Å². The Balaban J connectivity index is 1.66. The first-order chi connectivity index (χ1) is 16.2. The number of carbonyl (C=O) groups is 2. The smallest absolute Gasteiger partial charge is 0.321 e. The number of hydrogen-bond acceptors (Lipinski definition) is 6. The SMILES string of the molecule is [C-]#[N+]c1ccc(N2C(=O)C(C)(C)N(c3ccc4sc(NC(=O)NCCO)nc4c3)C2=S)cc1Cl. The molecule has 2 heterocycles. The highest BCUT2D eigenvalue weighted by Gasteiger charge is 2.50. The molecule has 0 atom stereocenters. The summed E-state index contributed by atoms with van der Waals surface area (Å²) in [7, 11) is 0. The van der Waals surface area contributed by atoms with E-state index in [1.54, 1.807) is 36.9 Å². The van der Waals surface area contributed by atoms with Gasteiger partial charge in [0.05, 0.1) is 29.1 Å². The first-order valence-corrected chi connectivity index (χ1v) is 11.7. The second-order valence-electron chi connectivity index (χ2n) is 7.84. The van der Waals surface area contributed by atoms with Crippen LogP contribution in [0.5, 0.6) is 0 Å². The van der Waals surface area contributed by atoms with E-state index in [4.69, 9.17) is 35.5 Å². The number of aliphatic hydroxyl groups is 1. The average Bonchev–Trinajstić information content (AvgIpc) is 3.26. The molecule has 1 saturated heterocycles. The normalized spacial score (nSPS) is 15.0. The molecule has 0 spiro atoms. The molecule has 2 aromatic carbocycles. The summed E-state index contributed by atoms with van der Waals surface area (Å²) >= 11 is 13.2. The summed E-state index contributed by atoms with van der Waals surface area (Å²) in [4.78, 5) is 36.2. The van der Waals surface area contributed by atoms with E-state index in [-0.39, 0.29) is 29.2 Å². The molecule has 1 aliphatic heterocycles. The van der Waals surface area contributed by atoms with Crippen LogP contribution in [0, 0.1) is 6.57 Å². The molecule has 3 aromatic rings. The number of urea groups is 1. The van der Waals surface area contributed by atoms with Gasteiger partial charge in [0.25, 0.3) is 5.91 Å². The van der Waals surface area contributed by atoms with Gasteiger partial charge in [0.2, 0.25) is 5.69 Å². The molecule has 1 fully saturated rings. The van der Waals surface area contributed by atoms with Gasteiger partial charge >= 0.3 is 6.03 Å². The van der Waals surface area contributed by atoms with Crippen molar-refractivity contribution in [3.63, 3.8) is 0 Å². The van der Waals surface area contributed by atoms with Crippen LogP contribution in [0.1, 0.15) is 13.8 Å². The van der Waals surface area contributed by atoms with E-state index in [0.717, 1.165) is 4.70 Å². The number of thiazole rings is 1. The van der Waals surface area contributed by atoms with Gasteiger partial charge in [-0.3, -0.25) is 15.0 Å². The summed E-state index contributed by atoms with van der Waals surface area (Å²) in [6.07, 6.45) is 0. The Hall–Kier alpha value is -3.30. The van der Waals surface area contributed by atoms with Crippen LogP contribution >= 0.6 is 35.2 Å². The standard InChI is InChI=1S/C22H19ClN6O3S2/c1-22(2)18(31)28(12-4-6-15(24-3)14(23)10-12)21(33)29(22)13-5-7-17-16(11-13)26-20(34-17)27-19(32)25-8-9-30/h4-7,10-11,30H,8-9H2,1-2H3,(H2,25,26,27,32). The van der Waals surface area contributed by atoms with Gasteiger partial charge in [-0.25, -0.2) is 14.6 Å². The third-order valence-electron chi connectivity index (χ3n) is 5.23. The Kier molecular flexibility index (Phi) is 6.42. The maximum Gasteiger partial charge on any atom is 0.321 e. The van der Waals surface area contributed by atoms with Crippen LogP contribution in [0.25, 0.3) is 15.1 Å². The number of nitrogens with zero attached hydrogens (tertiary/aromatic N) is 4. The van der Waals surface area contributed by atoms with E-state index in [0.29, 0.717) is 27.7 Å². The molecule has 34 heavy (non-hydrogen) atoms. The van der Waals surface area contributed by atoms with Crippen LogP contribution < -0.4 is 20.4 Å². The molecule has 1 aliphatic rings. The Morgan fingerprint density at radius 3 is 2.71 bits per heavy atom. The van der Waals surface area contributed by atoms with Gasteiger partial charge < -0.3 is 15.3 Å². The van der Waals surface area contributed by atoms with Crippen LogP contribution in [-0.2, 0) is 4.79 Å². The van der Waals surface area contributed by atoms with Crippen LogP contribution in [0.2, 0.25) is 5.02 Å². The van der Waals surface area contributed by atoms with Gasteiger partial charge in [-0.15, -0.1) is 0 Å². The van der Waals surface area contributed by atoms with Gasteiger partial charge in [0, 0.05) is 17.3 Å². The molecule has 4 rings (SSSR count). The lowest BCUT2D eigenvalue weighted by atomic mass is 10.0. The fourth-order valence-corrected chi connectivity index (χ4v) is 5.18. The number of rotatable bonds is 5. The second kappa shape index (κ2) is 9.15. The van der Waals surface area contributed by atoms with Crippen molar-refractivity contribution in [2.75, 3.05) is 28.3 Å². The van der Waals surface area contributed by atoms with Crippen LogP contribution in [-0.4, -0.2) is 45.8 Å². The van der Waals surface area contributed by atoms with Crippen molar-refractivity contribution in [1.82, 2.24) is 10.3 Å². The molecule has 174 valence electrons. The van der Waals surface area contributed by atoms with E-state index >= 15 is 0 Å². The van der Waals surface area contributed by atoms with E-state index in [1.807, 2.05) is 18.2 Å². The molecule has 0 saturated carbocycles. The molecule has 3 amide bonds. The number of amides is 3. The summed E-state index contributed by atoms with van der Waals surface area (Å²) in [5, 5.41) is 14.9. The number of carbonyl (C=O) groups excluding carboxylic acids is 2. The number of fused-ring (bicyclic) bond motifs is 1. The van der Waals surface area contributed by atoms with Gasteiger partial charge in [-0.05, 0) is 56.4 Å². The predicted octanol–water partition coefficient (Wildman–Crippen LogP) is 4.53. The van der Waals surface area contributed by atoms with Crippen molar-refractivity contribution in [3.8, 4) is 0 Å². The Bertz CT molecular complexity index is 1370. The zero-order valence-electron chi connectivity index (χ0n) is 18.1. The van der Waals surface area contributed by atoms with Gasteiger partial charge in [0.15, 0.2) is 10.2 Å². The van der Waals surface area contributed by atoms with E-state index in [1.165, 1.54) is 16.2 Å². The number of halogens is 1. The van der Waals surface area contributed by atoms with Gasteiger partial charge in [0.1, 0.15) is 5.54 Å². The van der Waals surface area contributed by atoms with Crippen molar-refractivity contribution in [2.24, 2.45) is 0 Å². The number of aliphatic hydroxyl groups excluding tert-OH is 1. The monoisotopic (exact) mass is 514 g/mol. The molecule has 9 nitrogen and oxygen atoms in total. The fourth-order valence-electron chi connectivity index (χ4n) is 3.60. The van der Waals surface area contributed by atoms with Gasteiger partial charge in [-0.1, -0.05) is 29.0 Å². The van der Waals surface area contributed by atoms with Crippen molar-refractivity contribution < 1.29 is 14.7 Å². The highest BCUT2D eigenvalue weighted by molar-refractivity contribution is 7.81. The molecule has 0 bridgehead atoms. The van der Waals surface area contributed by atoms with Gasteiger partial charge in [-0.2, -0.15) is 0 Å². The zero-order chi connectivity index (χ0) is 24.6. The fraction of sp³-hybridized carbons (Fsp3) is 0.227. The number of aromatic nitrogens is 1. The number of benzene rings is 2. The minimum Gasteiger partial charge on any atom is -0.395 e. The highest BCUT2D eigenvalue weighted by atomic mass is 35.5. The third-order valence-corrected chi connectivity index (χ3v) is 6.84. The summed E-state index contributed by atoms with van der Waals surface area (Å²) in [5.74, 6) is -0.231. The summed E-state index contributed by atoms with van der Waals surface area (Å²) in [6.45, 7) is 10.7. The van der Waals surface area contributed by atoms with E-state index in [9.17, 15) is 9.59 Å². The summed E-state index contributed by atoms with van der Waals surface area (Å²) < 4.78 is 0.842. The highest BCUT2D eigenvalue weighted by Crippen LogP contribution is 2.40. The first-order valence-electron chi connectivity index (χ1n) is 10.1. The van der Waals surface area contributed by atoms with Crippen LogP contribution in [0.4, 0.5) is 27.0 Å². The Morgan fingerprint density at radius 2 is 2.03 bits per heavy atom. The largest absolute Gasteiger partial charge is 0.395 e. The lowest BCUT2D eigenvalue weighted by Crippen LogP contribution is -2.44. The molecule has 3 N–H and O–H groups in total. The molecule has 12 heteroatoms. The molecular formula is C22H19ClN6O3S2. The zero-order valence-corrected chi connectivity index (χ0v) is 20.5. The number of hydrogen-bond donors (Lipinski definition) is 3. The maximum atomic E-state index is 13.4. The molecule has 1 aromatic heterocycles. The predicted molar refractivity (Wildman–Crippen MR) is 138 cm³/mol. The van der Waals surface area contributed by atoms with Crippen molar-refractivity contribution in [1.29, 1.82) is 0 Å². The van der Waals surface area contributed by atoms with Crippen LogP contribution in [0.3, 0.4) is 0 Å². The lowest BCUT2D eigenvalue weighted by Gasteiger charge is -2.29. The van der Waals surface area contributed by atoms with E-state index in [2.05, 4.69) is 20.5 Å². The van der Waals surface area contributed by atoms with Crippen molar-refractivity contribution in [2.45, 2.75) is 19.4 Å². The second-order valence-corrected chi connectivity index (χ2v) is 9.64. The number of thiocarbonyl (C=S) groups is 1. The quantitative estimate of drug-likeness (QED) is 0.341. The van der Waals surface area contributed by atoms with Crippen molar-refractivity contribution >= 4 is 84.6 Å². The molecular weight excluding hydrogens is 496 g/mol. The first kappa shape index (κ1) is 23.8. The minimum atomic E-state index is -0.989. The number of anilines is 3. The number of nitrogens with one attached hydrogen (secondary N) is 2. The van der Waals surface area contributed by atoms with E-state index < -0.39 is 11.6 Å². The minimum absolute atomic E-state index is 0.138. The molecule has 0 unspecified atom stereocenters. The Labute approximate surface area is 209 Å². The lowest BCUT2D eigenvalue weighted by molar-refractivity contribution is -0.120. The summed E-state index contributed by atoms with van der Waals surface area (Å²) in [6, 6.07) is 9.81. The summed E-state index contributed by atoms with van der Waals surface area (Å²) in [5.41, 5.74) is 1.09. The Morgan fingerprint density at radius 1 is 1.29 bits per heavy atom. The van der Waals surface area contributed by atoms with Crippen molar-refractivity contribution in [3.05, 3.63) is 52.8 Å². The maximum absolute atomic E-state index is 13.4. The topological polar surface area (TPSA) is 102 Å². The molecule has 0 radical (unpaired) electrons. The average molecular weight is 515 g/mol. The third kappa shape index (κ3) is 4.17.